The van der Waals surface area contributed by atoms with Crippen molar-refractivity contribution in [2.45, 2.75) is 37.5 Å². The monoisotopic (exact) mass is 566 g/mol. The largest absolute Gasteiger partial charge is 0.474 e. The molecule has 1 saturated heterocycles. The van der Waals surface area contributed by atoms with E-state index in [1.165, 1.54) is 23.2 Å². The van der Waals surface area contributed by atoms with Crippen LogP contribution < -0.4 is 15.8 Å². The smallest absolute Gasteiger partial charge is 0.433 e. The van der Waals surface area contributed by atoms with Gasteiger partial charge in [-0.1, -0.05) is 12.1 Å². The molecule has 2 amide bonds. The molecule has 1 atom stereocenters. The molecule has 1 fully saturated rings. The van der Waals surface area contributed by atoms with Gasteiger partial charge >= 0.3 is 12.2 Å². The maximum atomic E-state index is 13.9. The lowest BCUT2D eigenvalue weighted by Crippen LogP contribution is -2.44. The zero-order valence-corrected chi connectivity index (χ0v) is 21.4. The maximum absolute atomic E-state index is 13.9. The van der Waals surface area contributed by atoms with Gasteiger partial charge in [0, 0.05) is 43.4 Å². The second-order valence-corrected chi connectivity index (χ2v) is 9.39. The molecular formula is C26H27F5N6O3. The van der Waals surface area contributed by atoms with Gasteiger partial charge in [0.1, 0.15) is 41.0 Å². The number of pyridine rings is 1. The number of amides is 2. The van der Waals surface area contributed by atoms with Crippen molar-refractivity contribution in [1.82, 2.24) is 19.9 Å². The lowest BCUT2D eigenvalue weighted by molar-refractivity contribution is -0.141. The first-order valence-corrected chi connectivity index (χ1v) is 12.3. The number of carbonyl (C=O) groups is 1. The highest BCUT2D eigenvalue weighted by Gasteiger charge is 2.37. The second-order valence-electron chi connectivity index (χ2n) is 9.39. The van der Waals surface area contributed by atoms with Crippen LogP contribution in [0.4, 0.5) is 32.4 Å². The number of alkyl halides is 3. The molecule has 0 radical (unpaired) electrons. The first-order chi connectivity index (χ1) is 18.9. The summed E-state index contributed by atoms with van der Waals surface area (Å²) in [5.41, 5.74) is 3.04. The van der Waals surface area contributed by atoms with Crippen molar-refractivity contribution in [2.75, 3.05) is 31.6 Å². The summed E-state index contributed by atoms with van der Waals surface area (Å²) in [7, 11) is 0. The number of hydrogen-bond acceptors (Lipinski definition) is 7. The van der Waals surface area contributed by atoms with Crippen molar-refractivity contribution in [3.05, 3.63) is 77.0 Å². The van der Waals surface area contributed by atoms with Gasteiger partial charge in [-0.25, -0.2) is 28.5 Å². The van der Waals surface area contributed by atoms with E-state index in [4.69, 9.17) is 10.5 Å². The van der Waals surface area contributed by atoms with E-state index in [1.54, 1.807) is 6.92 Å². The number of anilines is 1. The molecule has 0 spiro atoms. The van der Waals surface area contributed by atoms with E-state index in [2.05, 4.69) is 20.3 Å². The molecule has 0 saturated carbocycles. The summed E-state index contributed by atoms with van der Waals surface area (Å²) in [4.78, 5) is 26.2. The van der Waals surface area contributed by atoms with Crippen LogP contribution >= 0.6 is 0 Å². The van der Waals surface area contributed by atoms with Crippen molar-refractivity contribution >= 4 is 11.7 Å². The summed E-state index contributed by atoms with van der Waals surface area (Å²) >= 11 is 0. The molecule has 4 N–H and O–H groups in total. The number of aryl methyl sites for hydroxylation is 1. The predicted molar refractivity (Wildman–Crippen MR) is 133 cm³/mol. The van der Waals surface area contributed by atoms with E-state index in [0.717, 1.165) is 24.3 Å². The molecule has 9 nitrogen and oxygen atoms in total. The number of halogens is 5. The lowest BCUT2D eigenvalue weighted by Gasteiger charge is -2.35. The molecule has 4 rings (SSSR count). The molecular weight excluding hydrogens is 539 g/mol. The third-order valence-electron chi connectivity index (χ3n) is 6.61. The molecule has 1 unspecified atom stereocenters. The average Bonchev–Trinajstić information content (AvgIpc) is 2.93. The van der Waals surface area contributed by atoms with E-state index in [0.29, 0.717) is 24.4 Å². The SMILES string of the molecule is Cc1ncc(C(O)(CN)COc2cccc(C(F)(F)F)n2)c(C2CCN(C(=O)Nc3c(F)cccc3F)CC2)n1. The van der Waals surface area contributed by atoms with Crippen molar-refractivity contribution < 1.29 is 36.6 Å². The number of nitrogens with one attached hydrogen (secondary N) is 1. The molecule has 3 aromatic rings. The van der Waals surface area contributed by atoms with Crippen molar-refractivity contribution in [2.24, 2.45) is 5.73 Å². The van der Waals surface area contributed by atoms with E-state index in [-0.39, 0.29) is 37.0 Å². The van der Waals surface area contributed by atoms with Gasteiger partial charge in [0.15, 0.2) is 0 Å². The van der Waals surface area contributed by atoms with Crippen LogP contribution in [0.2, 0.25) is 0 Å². The molecule has 14 heteroatoms. The van der Waals surface area contributed by atoms with Crippen LogP contribution in [-0.4, -0.2) is 57.2 Å². The number of rotatable bonds is 7. The number of hydrogen-bond donors (Lipinski definition) is 3. The van der Waals surface area contributed by atoms with Crippen LogP contribution in [0.15, 0.2) is 42.6 Å². The first-order valence-electron chi connectivity index (χ1n) is 12.3. The fourth-order valence-electron chi connectivity index (χ4n) is 4.41. The Morgan fingerprint density at radius 3 is 2.40 bits per heavy atom. The fraction of sp³-hybridized carbons (Fsp3) is 0.385. The number of likely N-dealkylation sites (tertiary alicyclic amines) is 1. The zero-order chi connectivity index (χ0) is 29.1. The van der Waals surface area contributed by atoms with Crippen molar-refractivity contribution in [3.8, 4) is 5.88 Å². The Balaban J connectivity index is 1.48. The molecule has 0 bridgehead atoms. The molecule has 3 heterocycles. The van der Waals surface area contributed by atoms with Gasteiger partial charge in [0.25, 0.3) is 0 Å². The summed E-state index contributed by atoms with van der Waals surface area (Å²) < 4.78 is 72.4. The Kier molecular flexibility index (Phi) is 8.49. The molecule has 1 aromatic carbocycles. The topological polar surface area (TPSA) is 126 Å². The maximum Gasteiger partial charge on any atom is 0.433 e. The zero-order valence-electron chi connectivity index (χ0n) is 21.4. The number of nitrogens with two attached hydrogens (primary N) is 1. The number of carbonyl (C=O) groups excluding carboxylic acids is 1. The van der Waals surface area contributed by atoms with Gasteiger partial charge in [0.2, 0.25) is 5.88 Å². The summed E-state index contributed by atoms with van der Waals surface area (Å²) in [5, 5.41) is 13.7. The minimum atomic E-state index is -4.67. The minimum absolute atomic E-state index is 0.223. The number of piperidine rings is 1. The van der Waals surface area contributed by atoms with Crippen LogP contribution in [-0.2, 0) is 11.8 Å². The highest BCUT2D eigenvalue weighted by molar-refractivity contribution is 5.89. The predicted octanol–water partition coefficient (Wildman–Crippen LogP) is 4.11. The first kappa shape index (κ1) is 29.1. The number of benzene rings is 1. The highest BCUT2D eigenvalue weighted by atomic mass is 19.4. The summed E-state index contributed by atoms with van der Waals surface area (Å²) in [5.74, 6) is -1.98. The van der Waals surface area contributed by atoms with E-state index in [9.17, 15) is 31.9 Å². The molecule has 40 heavy (non-hydrogen) atoms. The van der Waals surface area contributed by atoms with Gasteiger partial charge in [0.05, 0.1) is 5.69 Å². The third-order valence-corrected chi connectivity index (χ3v) is 6.61. The fourth-order valence-corrected chi connectivity index (χ4v) is 4.41. The number of urea groups is 1. The standard InChI is InChI=1S/C26H27F5N6O3/c1-15-33-12-17(25(39,13-32)14-40-21-7-3-6-20(35-21)26(29,30)31)22(34-15)16-8-10-37(11-9-16)24(38)36-23-18(27)4-2-5-19(23)28/h2-7,12,16,39H,8-11,13-14,32H2,1H3,(H,36,38). The number of aromatic nitrogens is 3. The molecule has 2 aromatic heterocycles. The van der Waals surface area contributed by atoms with Gasteiger partial charge in [-0.2, -0.15) is 13.2 Å². The lowest BCUT2D eigenvalue weighted by atomic mass is 9.85. The number of nitrogens with zero attached hydrogens (tertiary/aromatic N) is 4. The number of para-hydroxylation sites is 1. The van der Waals surface area contributed by atoms with Crippen LogP contribution in [0.3, 0.4) is 0 Å². The molecule has 1 aliphatic rings. The number of ether oxygens (including phenoxy) is 1. The van der Waals surface area contributed by atoms with Gasteiger partial charge < -0.3 is 25.8 Å². The molecule has 214 valence electrons. The van der Waals surface area contributed by atoms with Crippen LogP contribution in [0.1, 0.15) is 41.5 Å². The van der Waals surface area contributed by atoms with Crippen LogP contribution in [0.25, 0.3) is 0 Å². The van der Waals surface area contributed by atoms with Gasteiger partial charge in [-0.05, 0) is 38.0 Å². The Hall–Kier alpha value is -3.91. The second kappa shape index (κ2) is 11.7. The molecule has 0 aliphatic carbocycles. The quantitative estimate of drug-likeness (QED) is 0.368. The Bertz CT molecular complexity index is 1350. The third kappa shape index (κ3) is 6.45. The van der Waals surface area contributed by atoms with E-state index < -0.39 is 47.4 Å². The minimum Gasteiger partial charge on any atom is -0.474 e. The summed E-state index contributed by atoms with van der Waals surface area (Å²) in [6.07, 6.45) is -2.48. The van der Waals surface area contributed by atoms with Gasteiger partial charge in [-0.3, -0.25) is 0 Å². The van der Waals surface area contributed by atoms with Crippen molar-refractivity contribution in [1.29, 1.82) is 0 Å². The van der Waals surface area contributed by atoms with Crippen LogP contribution in [0.5, 0.6) is 5.88 Å². The van der Waals surface area contributed by atoms with Crippen molar-refractivity contribution in [3.63, 3.8) is 0 Å². The average molecular weight is 567 g/mol. The Labute approximate surface area is 226 Å². The van der Waals surface area contributed by atoms with Crippen LogP contribution in [0, 0.1) is 18.6 Å². The summed E-state index contributed by atoms with van der Waals surface area (Å²) in [6.45, 7) is 1.22. The summed E-state index contributed by atoms with van der Waals surface area (Å²) in [6, 6.07) is 5.76. The Morgan fingerprint density at radius 1 is 1.12 bits per heavy atom. The normalized spacial score (nSPS) is 15.9. The molecule has 1 aliphatic heterocycles. The Morgan fingerprint density at radius 2 is 1.77 bits per heavy atom. The van der Waals surface area contributed by atoms with E-state index >= 15 is 0 Å². The number of aliphatic hydroxyl groups is 1. The van der Waals surface area contributed by atoms with E-state index in [1.807, 2.05) is 0 Å². The highest BCUT2D eigenvalue weighted by Crippen LogP contribution is 2.35. The van der Waals surface area contributed by atoms with Gasteiger partial charge in [-0.15, -0.1) is 0 Å².